The predicted octanol–water partition coefficient (Wildman–Crippen LogP) is -0.166. The summed E-state index contributed by atoms with van der Waals surface area (Å²) in [5.74, 6) is -4.61. The van der Waals surface area contributed by atoms with Gasteiger partial charge in [-0.15, -0.1) is 0 Å². The van der Waals surface area contributed by atoms with Crippen LogP contribution in [0.5, 0.6) is 0 Å². The number of amides is 3. The lowest BCUT2D eigenvalue weighted by Crippen LogP contribution is -2.57. The second-order valence-electron chi connectivity index (χ2n) is 8.10. The molecule has 3 amide bonds. The number of nitrogens with one attached hydrogen (secondary N) is 3. The molecule has 0 fully saturated rings. The molecule has 0 radical (unpaired) electrons. The smallest absolute Gasteiger partial charge is 0.326 e. The first-order valence-corrected chi connectivity index (χ1v) is 11.3. The van der Waals surface area contributed by atoms with E-state index in [2.05, 4.69) is 16.0 Å². The molecule has 0 aromatic heterocycles. The third-order valence-corrected chi connectivity index (χ3v) is 5.30. The van der Waals surface area contributed by atoms with Gasteiger partial charge < -0.3 is 31.9 Å². The summed E-state index contributed by atoms with van der Waals surface area (Å²) in [6.45, 7) is -0.412. The molecule has 2 aromatic carbocycles. The van der Waals surface area contributed by atoms with E-state index in [1.807, 2.05) is 0 Å². The summed E-state index contributed by atoms with van der Waals surface area (Å²) < 4.78 is 0. The largest absolute Gasteiger partial charge is 0.481 e. The molecule has 192 valence electrons. The van der Waals surface area contributed by atoms with Crippen LogP contribution in [0.1, 0.15) is 24.0 Å². The van der Waals surface area contributed by atoms with E-state index < -0.39 is 60.8 Å². The number of carbonyl (C=O) groups excluding carboxylic acids is 3. The minimum atomic E-state index is -1.25. The van der Waals surface area contributed by atoms with E-state index in [0.29, 0.717) is 11.1 Å². The topological polar surface area (TPSA) is 188 Å². The van der Waals surface area contributed by atoms with Crippen LogP contribution in [0, 0.1) is 0 Å². The highest BCUT2D eigenvalue weighted by molar-refractivity contribution is 5.94. The molecule has 2 rings (SSSR count). The van der Waals surface area contributed by atoms with Gasteiger partial charge in [-0.1, -0.05) is 60.7 Å². The Balaban J connectivity index is 2.23. The first kappa shape index (κ1) is 28.0. The molecule has 11 nitrogen and oxygen atoms in total. The molecule has 0 aliphatic heterocycles. The Hall–Kier alpha value is -4.25. The molecule has 0 aliphatic carbocycles. The second kappa shape index (κ2) is 14.2. The van der Waals surface area contributed by atoms with Crippen LogP contribution in [-0.2, 0) is 36.8 Å². The summed E-state index contributed by atoms with van der Waals surface area (Å²) in [4.78, 5) is 60.7. The molecule has 0 bridgehead atoms. The van der Waals surface area contributed by atoms with Crippen molar-refractivity contribution < 1.29 is 34.2 Å². The average Bonchev–Trinajstić information content (AvgIpc) is 2.86. The maximum absolute atomic E-state index is 13.2. The molecule has 0 spiro atoms. The number of nitrogens with two attached hydrogens (primary N) is 1. The summed E-state index contributed by atoms with van der Waals surface area (Å²) in [5, 5.41) is 26.0. The zero-order chi connectivity index (χ0) is 26.5. The molecule has 11 heteroatoms. The lowest BCUT2D eigenvalue weighted by Gasteiger charge is -2.24. The number of rotatable bonds is 14. The van der Waals surface area contributed by atoms with E-state index in [0.717, 1.165) is 0 Å². The minimum Gasteiger partial charge on any atom is -0.481 e. The van der Waals surface area contributed by atoms with Crippen molar-refractivity contribution >= 4 is 29.7 Å². The van der Waals surface area contributed by atoms with Crippen molar-refractivity contribution in [3.8, 4) is 0 Å². The van der Waals surface area contributed by atoms with E-state index in [4.69, 9.17) is 10.8 Å². The van der Waals surface area contributed by atoms with Gasteiger partial charge in [-0.05, 0) is 17.5 Å². The Kier molecular flexibility index (Phi) is 11.1. The second-order valence-corrected chi connectivity index (χ2v) is 8.10. The van der Waals surface area contributed by atoms with E-state index in [9.17, 15) is 29.1 Å². The summed E-state index contributed by atoms with van der Waals surface area (Å²) in [6, 6.07) is 13.8. The average molecular weight is 499 g/mol. The van der Waals surface area contributed by atoms with Gasteiger partial charge in [0.05, 0.1) is 6.54 Å². The summed E-state index contributed by atoms with van der Waals surface area (Å²) in [5.41, 5.74) is 6.69. The fourth-order valence-corrected chi connectivity index (χ4v) is 3.44. The maximum Gasteiger partial charge on any atom is 0.326 e. The van der Waals surface area contributed by atoms with Gasteiger partial charge >= 0.3 is 11.9 Å². The number of hydrogen-bond acceptors (Lipinski definition) is 6. The monoisotopic (exact) mass is 498 g/mol. The van der Waals surface area contributed by atoms with Crippen molar-refractivity contribution in [2.75, 3.05) is 6.54 Å². The zero-order valence-corrected chi connectivity index (χ0v) is 19.6. The fourth-order valence-electron chi connectivity index (χ4n) is 3.44. The van der Waals surface area contributed by atoms with Crippen molar-refractivity contribution in [2.24, 2.45) is 5.73 Å². The highest BCUT2D eigenvalue weighted by Gasteiger charge is 2.30. The van der Waals surface area contributed by atoms with E-state index in [-0.39, 0.29) is 19.3 Å². The summed E-state index contributed by atoms with van der Waals surface area (Å²) in [6.07, 6.45) is -0.566. The van der Waals surface area contributed by atoms with Crippen LogP contribution < -0.4 is 21.7 Å². The van der Waals surface area contributed by atoms with Crippen LogP contribution in [0.2, 0.25) is 0 Å². The van der Waals surface area contributed by atoms with Crippen LogP contribution >= 0.6 is 0 Å². The first-order valence-electron chi connectivity index (χ1n) is 11.3. The standard InChI is InChI=1S/C25H30N4O7/c26-15-21(30)27-18(11-12-22(31)32)23(33)28-19(13-16-7-3-1-4-8-16)24(34)29-20(25(35)36)14-17-9-5-2-6-10-17/h1-10,18-20H,11-15,26H2,(H,27,30)(H,28,33)(H,29,34)(H,31,32)(H,35,36). The molecule has 3 atom stereocenters. The normalized spacial score (nSPS) is 13.0. The van der Waals surface area contributed by atoms with Crippen molar-refractivity contribution in [2.45, 2.75) is 43.8 Å². The van der Waals surface area contributed by atoms with Gasteiger partial charge in [0.25, 0.3) is 0 Å². The summed E-state index contributed by atoms with van der Waals surface area (Å²) in [7, 11) is 0. The number of aliphatic carboxylic acids is 2. The Morgan fingerprint density at radius 2 is 1.17 bits per heavy atom. The quantitative estimate of drug-likeness (QED) is 0.207. The Bertz CT molecular complexity index is 1050. The number of carboxylic acids is 2. The molecular weight excluding hydrogens is 468 g/mol. The SMILES string of the molecule is NCC(=O)NC(CCC(=O)O)C(=O)NC(Cc1ccccc1)C(=O)NC(Cc1ccccc1)C(=O)O. The Morgan fingerprint density at radius 3 is 1.64 bits per heavy atom. The number of benzene rings is 2. The van der Waals surface area contributed by atoms with Crippen molar-refractivity contribution in [3.05, 3.63) is 71.8 Å². The maximum atomic E-state index is 13.2. The lowest BCUT2D eigenvalue weighted by molar-refractivity contribution is -0.142. The molecule has 0 aliphatic rings. The van der Waals surface area contributed by atoms with E-state index in [1.165, 1.54) is 0 Å². The van der Waals surface area contributed by atoms with Gasteiger partial charge in [-0.2, -0.15) is 0 Å². The fraction of sp³-hybridized carbons (Fsp3) is 0.320. The highest BCUT2D eigenvalue weighted by Crippen LogP contribution is 2.08. The third-order valence-electron chi connectivity index (χ3n) is 5.30. The van der Waals surface area contributed by atoms with E-state index in [1.54, 1.807) is 60.7 Å². The molecule has 7 N–H and O–H groups in total. The van der Waals surface area contributed by atoms with Gasteiger partial charge in [0.1, 0.15) is 18.1 Å². The van der Waals surface area contributed by atoms with Crippen molar-refractivity contribution in [1.29, 1.82) is 0 Å². The van der Waals surface area contributed by atoms with Crippen LogP contribution in [0.15, 0.2) is 60.7 Å². The number of hydrogen-bond donors (Lipinski definition) is 6. The number of carboxylic acid groups (broad SMARTS) is 2. The Morgan fingerprint density at radius 1 is 0.694 bits per heavy atom. The number of carbonyl (C=O) groups is 5. The van der Waals surface area contributed by atoms with Gasteiger partial charge in [0, 0.05) is 19.3 Å². The highest BCUT2D eigenvalue weighted by atomic mass is 16.4. The minimum absolute atomic E-state index is 0.0295. The lowest BCUT2D eigenvalue weighted by atomic mass is 10.0. The van der Waals surface area contributed by atoms with Crippen LogP contribution in [0.25, 0.3) is 0 Å². The van der Waals surface area contributed by atoms with Crippen molar-refractivity contribution in [1.82, 2.24) is 16.0 Å². The zero-order valence-electron chi connectivity index (χ0n) is 19.6. The predicted molar refractivity (Wildman–Crippen MR) is 130 cm³/mol. The molecule has 0 saturated carbocycles. The summed E-state index contributed by atoms with van der Waals surface area (Å²) >= 11 is 0. The molecular formula is C25H30N4O7. The van der Waals surface area contributed by atoms with E-state index >= 15 is 0 Å². The Labute approximate surface area is 208 Å². The van der Waals surface area contributed by atoms with Gasteiger partial charge in [0.2, 0.25) is 17.7 Å². The van der Waals surface area contributed by atoms with Crippen LogP contribution in [0.3, 0.4) is 0 Å². The third kappa shape index (κ3) is 9.55. The molecule has 3 unspecified atom stereocenters. The molecule has 0 saturated heterocycles. The van der Waals surface area contributed by atoms with Crippen LogP contribution in [-0.4, -0.2) is 64.5 Å². The van der Waals surface area contributed by atoms with Gasteiger partial charge in [0.15, 0.2) is 0 Å². The van der Waals surface area contributed by atoms with Crippen LogP contribution in [0.4, 0.5) is 0 Å². The molecule has 36 heavy (non-hydrogen) atoms. The molecule has 0 heterocycles. The van der Waals surface area contributed by atoms with Gasteiger partial charge in [-0.3, -0.25) is 19.2 Å². The van der Waals surface area contributed by atoms with Crippen molar-refractivity contribution in [3.63, 3.8) is 0 Å². The first-order chi connectivity index (χ1) is 17.2. The molecule has 2 aromatic rings. The van der Waals surface area contributed by atoms with Gasteiger partial charge in [-0.25, -0.2) is 4.79 Å².